The molecule has 3 aromatic rings. The number of methoxy groups -OCH3 is 2. The van der Waals surface area contributed by atoms with Gasteiger partial charge in [-0.1, -0.05) is 6.07 Å². The second-order valence-electron chi connectivity index (χ2n) is 6.04. The summed E-state index contributed by atoms with van der Waals surface area (Å²) in [5, 5.41) is 17.8. The smallest absolute Gasteiger partial charge is 0.328 e. The second-order valence-corrected chi connectivity index (χ2v) is 6.04. The van der Waals surface area contributed by atoms with Crippen LogP contribution in [0.1, 0.15) is 10.5 Å². The van der Waals surface area contributed by atoms with E-state index in [2.05, 4.69) is 5.10 Å². The van der Waals surface area contributed by atoms with E-state index in [-0.39, 0.29) is 17.0 Å². The molecule has 0 saturated heterocycles. The number of aromatic nitrogens is 2. The summed E-state index contributed by atoms with van der Waals surface area (Å²) < 4.78 is 39.3. The molecule has 156 valence electrons. The van der Waals surface area contributed by atoms with Crippen LogP contribution in [-0.4, -0.2) is 34.8 Å². The number of nitro groups is 1. The molecule has 1 aromatic heterocycles. The topological polar surface area (TPSA) is 109 Å². The van der Waals surface area contributed by atoms with Crippen molar-refractivity contribution in [3.63, 3.8) is 0 Å². The summed E-state index contributed by atoms with van der Waals surface area (Å²) >= 11 is 0. The van der Waals surface area contributed by atoms with Crippen LogP contribution in [0, 0.1) is 21.7 Å². The van der Waals surface area contributed by atoms with Crippen LogP contribution in [-0.2, 0) is 7.05 Å². The molecular formula is C19H16F2N4O5. The van der Waals surface area contributed by atoms with Crippen molar-refractivity contribution in [3.8, 4) is 22.8 Å². The van der Waals surface area contributed by atoms with Gasteiger partial charge in [0.05, 0.1) is 24.7 Å². The number of hydrogen-bond acceptors (Lipinski definition) is 6. The Bertz CT molecular complexity index is 1130. The minimum Gasteiger partial charge on any atom is -0.497 e. The SMILES string of the molecule is COc1ccc(OC)c(-c2c([N+](=O)[O-])c(C(=O)Nc3c(F)cccc3F)nn2C)c1. The van der Waals surface area contributed by atoms with Crippen LogP contribution >= 0.6 is 0 Å². The van der Waals surface area contributed by atoms with Crippen LogP contribution in [0.15, 0.2) is 36.4 Å². The van der Waals surface area contributed by atoms with E-state index in [1.54, 1.807) is 12.1 Å². The van der Waals surface area contributed by atoms with Crippen molar-refractivity contribution in [1.29, 1.82) is 0 Å². The largest absolute Gasteiger partial charge is 0.497 e. The lowest BCUT2D eigenvalue weighted by molar-refractivity contribution is -0.384. The van der Waals surface area contributed by atoms with Gasteiger partial charge < -0.3 is 14.8 Å². The van der Waals surface area contributed by atoms with Gasteiger partial charge in [0.15, 0.2) is 5.69 Å². The van der Waals surface area contributed by atoms with Crippen molar-refractivity contribution < 1.29 is 28.0 Å². The van der Waals surface area contributed by atoms with Crippen molar-refractivity contribution in [3.05, 3.63) is 63.8 Å². The molecule has 30 heavy (non-hydrogen) atoms. The fourth-order valence-corrected chi connectivity index (χ4v) is 2.93. The number of benzene rings is 2. The highest BCUT2D eigenvalue weighted by atomic mass is 19.1. The van der Waals surface area contributed by atoms with E-state index in [4.69, 9.17) is 9.47 Å². The zero-order valence-electron chi connectivity index (χ0n) is 16.1. The summed E-state index contributed by atoms with van der Waals surface area (Å²) in [6.45, 7) is 0. The van der Waals surface area contributed by atoms with Gasteiger partial charge in [0.1, 0.15) is 28.8 Å². The molecule has 0 aliphatic carbocycles. The number of ether oxygens (including phenoxy) is 2. The number of carbonyl (C=O) groups excluding carboxylic acids is 1. The van der Waals surface area contributed by atoms with Crippen LogP contribution in [0.2, 0.25) is 0 Å². The van der Waals surface area contributed by atoms with Crippen molar-refractivity contribution in [2.45, 2.75) is 0 Å². The summed E-state index contributed by atoms with van der Waals surface area (Å²) in [7, 11) is 4.19. The lowest BCUT2D eigenvalue weighted by Crippen LogP contribution is -2.16. The van der Waals surface area contributed by atoms with E-state index < -0.39 is 39.5 Å². The molecule has 11 heteroatoms. The predicted octanol–water partition coefficient (Wildman–Crippen LogP) is 3.54. The number of aryl methyl sites for hydroxylation is 1. The minimum absolute atomic E-state index is 0.0464. The molecule has 0 aliphatic heterocycles. The molecule has 0 spiro atoms. The summed E-state index contributed by atoms with van der Waals surface area (Å²) in [6, 6.07) is 7.63. The molecule has 0 atom stereocenters. The van der Waals surface area contributed by atoms with E-state index in [1.807, 2.05) is 5.32 Å². The summed E-state index contributed by atoms with van der Waals surface area (Å²) in [5.41, 5.74) is -1.81. The molecule has 2 aromatic carbocycles. The fraction of sp³-hybridized carbons (Fsp3) is 0.158. The van der Waals surface area contributed by atoms with E-state index in [9.17, 15) is 23.7 Å². The minimum atomic E-state index is -1.14. The Morgan fingerprint density at radius 1 is 1.17 bits per heavy atom. The number of amides is 1. The Morgan fingerprint density at radius 2 is 1.83 bits per heavy atom. The maximum absolute atomic E-state index is 13.9. The van der Waals surface area contributed by atoms with E-state index in [0.29, 0.717) is 5.75 Å². The van der Waals surface area contributed by atoms with Crippen molar-refractivity contribution in [1.82, 2.24) is 9.78 Å². The molecule has 0 unspecified atom stereocenters. The van der Waals surface area contributed by atoms with Gasteiger partial charge in [-0.3, -0.25) is 19.6 Å². The molecule has 1 N–H and O–H groups in total. The molecule has 1 heterocycles. The van der Waals surface area contributed by atoms with Crippen LogP contribution < -0.4 is 14.8 Å². The first kappa shape index (κ1) is 20.7. The third-order valence-electron chi connectivity index (χ3n) is 4.28. The van der Waals surface area contributed by atoms with Gasteiger partial charge in [-0.25, -0.2) is 8.78 Å². The Labute approximate surface area is 169 Å². The van der Waals surface area contributed by atoms with Crippen LogP contribution in [0.25, 0.3) is 11.3 Å². The molecular weight excluding hydrogens is 402 g/mol. The third kappa shape index (κ3) is 3.64. The first-order valence-corrected chi connectivity index (χ1v) is 8.47. The predicted molar refractivity (Wildman–Crippen MR) is 103 cm³/mol. The summed E-state index contributed by atoms with van der Waals surface area (Å²) in [5.74, 6) is -2.54. The van der Waals surface area contributed by atoms with Crippen molar-refractivity contribution in [2.75, 3.05) is 19.5 Å². The Morgan fingerprint density at radius 3 is 2.40 bits per heavy atom. The number of para-hydroxylation sites is 1. The summed E-state index contributed by atoms with van der Waals surface area (Å²) in [4.78, 5) is 23.7. The summed E-state index contributed by atoms with van der Waals surface area (Å²) in [6.07, 6.45) is 0. The molecule has 0 radical (unpaired) electrons. The monoisotopic (exact) mass is 418 g/mol. The van der Waals surface area contributed by atoms with Gasteiger partial charge in [-0.2, -0.15) is 5.10 Å². The quantitative estimate of drug-likeness (QED) is 0.485. The first-order valence-electron chi connectivity index (χ1n) is 8.47. The number of anilines is 1. The number of rotatable bonds is 6. The Hall–Kier alpha value is -4.02. The molecule has 0 aliphatic rings. The van der Waals surface area contributed by atoms with Gasteiger partial charge in [0.2, 0.25) is 5.69 Å². The molecule has 0 bridgehead atoms. The number of hydrogen-bond donors (Lipinski definition) is 1. The van der Waals surface area contributed by atoms with E-state index >= 15 is 0 Å². The van der Waals surface area contributed by atoms with Crippen LogP contribution in [0.5, 0.6) is 11.5 Å². The Balaban J connectivity index is 2.16. The molecule has 3 rings (SSSR count). The van der Waals surface area contributed by atoms with Crippen molar-refractivity contribution in [2.24, 2.45) is 7.05 Å². The van der Waals surface area contributed by atoms with Crippen LogP contribution in [0.4, 0.5) is 20.2 Å². The maximum atomic E-state index is 13.9. The van der Waals surface area contributed by atoms with Gasteiger partial charge in [0, 0.05) is 7.05 Å². The van der Waals surface area contributed by atoms with Crippen molar-refractivity contribution >= 4 is 17.3 Å². The highest BCUT2D eigenvalue weighted by molar-refractivity contribution is 6.07. The highest BCUT2D eigenvalue weighted by Crippen LogP contribution is 2.40. The average molecular weight is 418 g/mol. The Kier molecular flexibility index (Phi) is 5.63. The number of nitrogens with one attached hydrogen (secondary N) is 1. The van der Waals surface area contributed by atoms with Gasteiger partial charge >= 0.3 is 5.69 Å². The lowest BCUT2D eigenvalue weighted by atomic mass is 10.1. The lowest BCUT2D eigenvalue weighted by Gasteiger charge is -2.10. The van der Waals surface area contributed by atoms with Gasteiger partial charge in [-0.15, -0.1) is 0 Å². The van der Waals surface area contributed by atoms with E-state index in [0.717, 1.165) is 22.9 Å². The van der Waals surface area contributed by atoms with Crippen LogP contribution in [0.3, 0.4) is 0 Å². The molecule has 0 fully saturated rings. The fourth-order valence-electron chi connectivity index (χ4n) is 2.93. The molecule has 9 nitrogen and oxygen atoms in total. The standard InChI is InChI=1S/C19H16F2N4O5/c1-24-17(11-9-10(29-2)7-8-14(11)30-3)18(25(27)28)16(23-24)19(26)22-15-12(20)5-4-6-13(15)21/h4-9H,1-3H3,(H,22,26). The maximum Gasteiger partial charge on any atom is 0.328 e. The first-order chi connectivity index (χ1) is 14.3. The molecule has 1 amide bonds. The van der Waals surface area contributed by atoms with E-state index in [1.165, 1.54) is 27.3 Å². The normalized spacial score (nSPS) is 10.6. The van der Waals surface area contributed by atoms with Gasteiger partial charge in [-0.05, 0) is 30.3 Å². The number of carbonyl (C=O) groups is 1. The third-order valence-corrected chi connectivity index (χ3v) is 4.28. The van der Waals surface area contributed by atoms with Gasteiger partial charge in [0.25, 0.3) is 5.91 Å². The second kappa shape index (κ2) is 8.15. The number of halogens is 2. The average Bonchev–Trinajstić information content (AvgIpc) is 3.07. The molecule has 0 saturated carbocycles. The zero-order valence-corrected chi connectivity index (χ0v) is 16.1. The number of nitrogens with zero attached hydrogens (tertiary/aromatic N) is 3. The highest BCUT2D eigenvalue weighted by Gasteiger charge is 2.34. The zero-order chi connectivity index (χ0) is 22.0.